The summed E-state index contributed by atoms with van der Waals surface area (Å²) >= 11 is 0. The van der Waals surface area contributed by atoms with E-state index in [4.69, 9.17) is 4.84 Å². The number of rotatable bonds is 2. The number of ether oxygens (including phenoxy) is 1. The Morgan fingerprint density at radius 3 is 3.00 bits per heavy atom. The van der Waals surface area contributed by atoms with Crippen molar-refractivity contribution in [2.45, 2.75) is 12.8 Å². The minimum atomic E-state index is -0.0906. The zero-order valence-electron chi connectivity index (χ0n) is 6.71. The number of hydroxylamine groups is 2. The van der Waals surface area contributed by atoms with Gasteiger partial charge in [0.15, 0.2) is 0 Å². The van der Waals surface area contributed by atoms with Crippen LogP contribution < -0.4 is 0 Å². The monoisotopic (exact) mass is 159 g/mol. The Balaban J connectivity index is 2.27. The first kappa shape index (κ1) is 8.49. The van der Waals surface area contributed by atoms with Crippen LogP contribution in [0.3, 0.4) is 0 Å². The summed E-state index contributed by atoms with van der Waals surface area (Å²) < 4.78 is 4.69. The standard InChI is InChI=1S/C7H13NO3/c1-10-6-7(9)8-4-2-3-5-11-8/h2-6H2,1H3. The normalized spacial score (nSPS) is 18.5. The van der Waals surface area contributed by atoms with Gasteiger partial charge in [-0.2, -0.15) is 0 Å². The number of carbonyl (C=O) groups excluding carboxylic acids is 1. The average Bonchev–Trinajstić information content (AvgIpc) is 2.07. The van der Waals surface area contributed by atoms with Gasteiger partial charge in [0.05, 0.1) is 6.61 Å². The molecule has 1 rings (SSSR count). The van der Waals surface area contributed by atoms with E-state index in [1.54, 1.807) is 0 Å². The minimum absolute atomic E-state index is 0.0906. The molecule has 1 amide bonds. The Morgan fingerprint density at radius 1 is 1.64 bits per heavy atom. The van der Waals surface area contributed by atoms with Gasteiger partial charge in [0.1, 0.15) is 6.61 Å². The van der Waals surface area contributed by atoms with Gasteiger partial charge in [-0.25, -0.2) is 5.06 Å². The number of hydrogen-bond donors (Lipinski definition) is 0. The number of nitrogens with zero attached hydrogens (tertiary/aromatic N) is 1. The third-order valence-corrected chi connectivity index (χ3v) is 1.55. The lowest BCUT2D eigenvalue weighted by Gasteiger charge is -2.25. The molecular formula is C7H13NO3. The zero-order valence-corrected chi connectivity index (χ0v) is 6.71. The summed E-state index contributed by atoms with van der Waals surface area (Å²) in [4.78, 5) is 16.2. The second kappa shape index (κ2) is 4.31. The van der Waals surface area contributed by atoms with Crippen molar-refractivity contribution in [1.29, 1.82) is 0 Å². The molecule has 11 heavy (non-hydrogen) atoms. The maximum atomic E-state index is 11.1. The van der Waals surface area contributed by atoms with Crippen molar-refractivity contribution in [2.24, 2.45) is 0 Å². The molecule has 1 aliphatic heterocycles. The van der Waals surface area contributed by atoms with E-state index in [2.05, 4.69) is 4.74 Å². The van der Waals surface area contributed by atoms with Crippen LogP contribution in [0, 0.1) is 0 Å². The predicted molar refractivity (Wildman–Crippen MR) is 38.8 cm³/mol. The molecular weight excluding hydrogens is 146 g/mol. The lowest BCUT2D eigenvalue weighted by atomic mass is 10.3. The smallest absolute Gasteiger partial charge is 0.272 e. The van der Waals surface area contributed by atoms with Crippen molar-refractivity contribution < 1.29 is 14.4 Å². The maximum absolute atomic E-state index is 11.1. The molecule has 0 N–H and O–H groups in total. The molecule has 0 radical (unpaired) electrons. The second-order valence-corrected chi connectivity index (χ2v) is 2.47. The van der Waals surface area contributed by atoms with E-state index in [1.807, 2.05) is 0 Å². The van der Waals surface area contributed by atoms with Crippen molar-refractivity contribution in [2.75, 3.05) is 26.9 Å². The minimum Gasteiger partial charge on any atom is -0.375 e. The summed E-state index contributed by atoms with van der Waals surface area (Å²) in [5, 5.41) is 1.38. The van der Waals surface area contributed by atoms with E-state index in [0.29, 0.717) is 13.2 Å². The first-order valence-corrected chi connectivity index (χ1v) is 3.77. The highest BCUT2D eigenvalue weighted by Crippen LogP contribution is 2.05. The third-order valence-electron chi connectivity index (χ3n) is 1.55. The summed E-state index contributed by atoms with van der Waals surface area (Å²) in [6.45, 7) is 1.46. The molecule has 1 saturated heterocycles. The Morgan fingerprint density at radius 2 is 2.45 bits per heavy atom. The van der Waals surface area contributed by atoms with Gasteiger partial charge in [0.2, 0.25) is 0 Å². The van der Waals surface area contributed by atoms with Crippen LogP contribution in [0.25, 0.3) is 0 Å². The molecule has 0 unspecified atom stereocenters. The molecule has 0 saturated carbocycles. The first-order valence-electron chi connectivity index (χ1n) is 3.77. The predicted octanol–water partition coefficient (Wildman–Crippen LogP) is 0.187. The van der Waals surface area contributed by atoms with Crippen LogP contribution in [0.2, 0.25) is 0 Å². The van der Waals surface area contributed by atoms with Crippen molar-refractivity contribution in [1.82, 2.24) is 5.06 Å². The molecule has 1 fully saturated rings. The molecule has 4 nitrogen and oxygen atoms in total. The molecule has 1 heterocycles. The van der Waals surface area contributed by atoms with Crippen LogP contribution in [0.4, 0.5) is 0 Å². The molecule has 0 aromatic carbocycles. The summed E-state index contributed by atoms with van der Waals surface area (Å²) in [5.74, 6) is -0.0906. The van der Waals surface area contributed by atoms with E-state index in [1.165, 1.54) is 12.2 Å². The lowest BCUT2D eigenvalue weighted by Crippen LogP contribution is -2.37. The number of carbonyl (C=O) groups is 1. The number of amides is 1. The number of methoxy groups -OCH3 is 1. The van der Waals surface area contributed by atoms with Gasteiger partial charge in [-0.3, -0.25) is 9.63 Å². The van der Waals surface area contributed by atoms with Crippen molar-refractivity contribution in [3.05, 3.63) is 0 Å². The molecule has 0 aromatic rings. The highest BCUT2D eigenvalue weighted by molar-refractivity contribution is 5.76. The van der Waals surface area contributed by atoms with Gasteiger partial charge in [-0.05, 0) is 12.8 Å². The lowest BCUT2D eigenvalue weighted by molar-refractivity contribution is -0.200. The van der Waals surface area contributed by atoms with E-state index >= 15 is 0 Å². The Kier molecular flexibility index (Phi) is 3.32. The van der Waals surface area contributed by atoms with Crippen LogP contribution in [-0.4, -0.2) is 37.8 Å². The Labute approximate surface area is 66.0 Å². The Hall–Kier alpha value is -0.610. The first-order chi connectivity index (χ1) is 5.34. The molecule has 64 valence electrons. The fraction of sp³-hybridized carbons (Fsp3) is 0.857. The van der Waals surface area contributed by atoms with Crippen LogP contribution in [0.1, 0.15) is 12.8 Å². The quantitative estimate of drug-likeness (QED) is 0.577. The van der Waals surface area contributed by atoms with Gasteiger partial charge in [0.25, 0.3) is 5.91 Å². The summed E-state index contributed by atoms with van der Waals surface area (Å²) in [5.41, 5.74) is 0. The second-order valence-electron chi connectivity index (χ2n) is 2.47. The highest BCUT2D eigenvalue weighted by atomic mass is 16.7. The van der Waals surface area contributed by atoms with E-state index < -0.39 is 0 Å². The van der Waals surface area contributed by atoms with Gasteiger partial charge in [0, 0.05) is 13.7 Å². The topological polar surface area (TPSA) is 38.8 Å². The van der Waals surface area contributed by atoms with Gasteiger partial charge >= 0.3 is 0 Å². The average molecular weight is 159 g/mol. The fourth-order valence-corrected chi connectivity index (χ4v) is 0.989. The Bertz CT molecular complexity index is 132. The van der Waals surface area contributed by atoms with Gasteiger partial charge < -0.3 is 4.74 Å². The molecule has 0 atom stereocenters. The largest absolute Gasteiger partial charge is 0.375 e. The van der Waals surface area contributed by atoms with Crippen LogP contribution in [0.5, 0.6) is 0 Å². The maximum Gasteiger partial charge on any atom is 0.272 e. The van der Waals surface area contributed by atoms with Crippen molar-refractivity contribution in [3.8, 4) is 0 Å². The summed E-state index contributed by atoms with van der Waals surface area (Å²) in [6.07, 6.45) is 2.06. The van der Waals surface area contributed by atoms with Crippen LogP contribution in [-0.2, 0) is 14.4 Å². The van der Waals surface area contributed by atoms with Crippen LogP contribution in [0.15, 0.2) is 0 Å². The summed E-state index contributed by atoms with van der Waals surface area (Å²) in [7, 11) is 1.50. The molecule has 0 bridgehead atoms. The molecule has 0 aliphatic carbocycles. The SMILES string of the molecule is COCC(=O)N1CCCCO1. The fourth-order valence-electron chi connectivity index (χ4n) is 0.989. The van der Waals surface area contributed by atoms with Gasteiger partial charge in [-0.15, -0.1) is 0 Å². The van der Waals surface area contributed by atoms with E-state index in [0.717, 1.165) is 12.8 Å². The third kappa shape index (κ3) is 2.48. The van der Waals surface area contributed by atoms with E-state index in [9.17, 15) is 4.79 Å². The molecule has 1 aliphatic rings. The van der Waals surface area contributed by atoms with Crippen molar-refractivity contribution in [3.63, 3.8) is 0 Å². The molecule has 4 heteroatoms. The van der Waals surface area contributed by atoms with E-state index in [-0.39, 0.29) is 12.5 Å². The molecule has 0 aromatic heterocycles. The van der Waals surface area contributed by atoms with Gasteiger partial charge in [-0.1, -0.05) is 0 Å². The number of hydrogen-bond acceptors (Lipinski definition) is 3. The highest BCUT2D eigenvalue weighted by Gasteiger charge is 2.16. The summed E-state index contributed by atoms with van der Waals surface area (Å²) in [6, 6.07) is 0. The van der Waals surface area contributed by atoms with Crippen molar-refractivity contribution >= 4 is 5.91 Å². The zero-order chi connectivity index (χ0) is 8.10. The molecule has 0 spiro atoms. The van der Waals surface area contributed by atoms with Crippen LogP contribution >= 0.6 is 0 Å².